The lowest BCUT2D eigenvalue weighted by Crippen LogP contribution is -2.48. The molecule has 1 unspecified atom stereocenters. The second-order valence-corrected chi connectivity index (χ2v) is 4.95. The van der Waals surface area contributed by atoms with E-state index in [9.17, 15) is 4.79 Å². The zero-order valence-corrected chi connectivity index (χ0v) is 9.67. The lowest BCUT2D eigenvalue weighted by Gasteiger charge is -2.38. The van der Waals surface area contributed by atoms with Crippen LogP contribution in [0.5, 0.6) is 0 Å². The van der Waals surface area contributed by atoms with E-state index >= 15 is 0 Å². The Hall–Kier alpha value is -0.570. The molecule has 0 aromatic rings. The lowest BCUT2D eigenvalue weighted by molar-refractivity contribution is -0.124. The van der Waals surface area contributed by atoms with Gasteiger partial charge in [0, 0.05) is 25.0 Å². The van der Waals surface area contributed by atoms with Gasteiger partial charge in [0.15, 0.2) is 0 Å². The van der Waals surface area contributed by atoms with Gasteiger partial charge < -0.3 is 5.32 Å². The summed E-state index contributed by atoms with van der Waals surface area (Å²) in [5.74, 6) is 0.230. The fourth-order valence-electron chi connectivity index (χ4n) is 2.90. The summed E-state index contributed by atoms with van der Waals surface area (Å²) in [7, 11) is 2.21. The van der Waals surface area contributed by atoms with Crippen LogP contribution in [0.3, 0.4) is 0 Å². The molecule has 1 aliphatic heterocycles. The molecule has 1 atom stereocenters. The molecule has 0 radical (unpaired) electrons. The van der Waals surface area contributed by atoms with E-state index in [4.69, 9.17) is 0 Å². The van der Waals surface area contributed by atoms with Crippen LogP contribution in [-0.4, -0.2) is 36.5 Å². The van der Waals surface area contributed by atoms with Crippen molar-refractivity contribution in [2.24, 2.45) is 0 Å². The molecule has 1 heterocycles. The normalized spacial score (nSPS) is 29.2. The van der Waals surface area contributed by atoms with E-state index in [1.165, 1.54) is 32.1 Å². The molecular weight excluding hydrogens is 188 g/mol. The summed E-state index contributed by atoms with van der Waals surface area (Å²) in [6.07, 6.45) is 8.62. The number of carbonyl (C=O) groups excluding carboxylic acids is 1. The quantitative estimate of drug-likeness (QED) is 0.749. The second-order valence-electron chi connectivity index (χ2n) is 4.95. The molecule has 3 heteroatoms. The van der Waals surface area contributed by atoms with Gasteiger partial charge in [-0.3, -0.25) is 9.69 Å². The van der Waals surface area contributed by atoms with Crippen molar-refractivity contribution in [1.29, 1.82) is 0 Å². The van der Waals surface area contributed by atoms with Gasteiger partial charge in [0.05, 0.1) is 0 Å². The number of nitrogens with one attached hydrogen (secondary N) is 1. The average Bonchev–Trinajstić information content (AvgIpc) is 2.29. The summed E-state index contributed by atoms with van der Waals surface area (Å²) in [6.45, 7) is 0.862. The summed E-state index contributed by atoms with van der Waals surface area (Å²) in [5.41, 5.74) is 0. The minimum atomic E-state index is 0.230. The zero-order valence-electron chi connectivity index (χ0n) is 9.67. The van der Waals surface area contributed by atoms with Gasteiger partial charge in [0.2, 0.25) is 5.91 Å². The van der Waals surface area contributed by atoms with Crippen LogP contribution in [0.1, 0.15) is 44.9 Å². The molecule has 2 fully saturated rings. The van der Waals surface area contributed by atoms with Gasteiger partial charge in [0.25, 0.3) is 0 Å². The first-order valence-electron chi connectivity index (χ1n) is 6.26. The molecule has 1 amide bonds. The molecule has 0 spiro atoms. The van der Waals surface area contributed by atoms with Crippen LogP contribution in [0.2, 0.25) is 0 Å². The molecule has 1 aliphatic carbocycles. The van der Waals surface area contributed by atoms with Crippen molar-refractivity contribution in [1.82, 2.24) is 10.2 Å². The predicted octanol–water partition coefficient (Wildman–Crippen LogP) is 1.53. The van der Waals surface area contributed by atoms with E-state index in [0.717, 1.165) is 19.0 Å². The van der Waals surface area contributed by atoms with Crippen molar-refractivity contribution in [3.63, 3.8) is 0 Å². The minimum absolute atomic E-state index is 0.230. The van der Waals surface area contributed by atoms with E-state index in [0.29, 0.717) is 12.5 Å². The zero-order chi connectivity index (χ0) is 10.7. The molecule has 0 aromatic heterocycles. The summed E-state index contributed by atoms with van der Waals surface area (Å²) in [5, 5.41) is 2.90. The molecule has 3 nitrogen and oxygen atoms in total. The Morgan fingerprint density at radius 1 is 1.13 bits per heavy atom. The Morgan fingerprint density at radius 2 is 1.87 bits per heavy atom. The summed E-state index contributed by atoms with van der Waals surface area (Å²) in [6, 6.07) is 1.22. The molecule has 1 saturated heterocycles. The molecular formula is C12H22N2O. The topological polar surface area (TPSA) is 32.3 Å². The van der Waals surface area contributed by atoms with Crippen molar-refractivity contribution < 1.29 is 4.79 Å². The molecule has 15 heavy (non-hydrogen) atoms. The van der Waals surface area contributed by atoms with E-state index in [1.807, 2.05) is 0 Å². The van der Waals surface area contributed by atoms with Crippen LogP contribution < -0.4 is 5.32 Å². The Labute approximate surface area is 92.2 Å². The molecule has 2 rings (SSSR count). The fraction of sp³-hybridized carbons (Fsp3) is 0.917. The van der Waals surface area contributed by atoms with E-state index in [2.05, 4.69) is 17.3 Å². The van der Waals surface area contributed by atoms with Crippen LogP contribution in [0, 0.1) is 0 Å². The third kappa shape index (κ3) is 2.71. The van der Waals surface area contributed by atoms with Crippen LogP contribution in [0.25, 0.3) is 0 Å². The maximum Gasteiger partial charge on any atom is 0.221 e. The Kier molecular flexibility index (Phi) is 3.62. The first kappa shape index (κ1) is 10.9. The minimum Gasteiger partial charge on any atom is -0.356 e. The predicted molar refractivity (Wildman–Crippen MR) is 60.7 cm³/mol. The maximum atomic E-state index is 11.3. The largest absolute Gasteiger partial charge is 0.356 e. The van der Waals surface area contributed by atoms with Crippen molar-refractivity contribution >= 4 is 5.91 Å². The number of amides is 1. The second kappa shape index (κ2) is 4.97. The van der Waals surface area contributed by atoms with Gasteiger partial charge >= 0.3 is 0 Å². The van der Waals surface area contributed by atoms with Gasteiger partial charge in [-0.2, -0.15) is 0 Å². The first-order chi connectivity index (χ1) is 7.27. The number of hydrogen-bond donors (Lipinski definition) is 1. The van der Waals surface area contributed by atoms with Gasteiger partial charge in [-0.1, -0.05) is 19.3 Å². The van der Waals surface area contributed by atoms with Gasteiger partial charge in [0.1, 0.15) is 0 Å². The first-order valence-corrected chi connectivity index (χ1v) is 6.26. The highest BCUT2D eigenvalue weighted by atomic mass is 16.1. The van der Waals surface area contributed by atoms with Crippen LogP contribution in [0.4, 0.5) is 0 Å². The van der Waals surface area contributed by atoms with Crippen LogP contribution in [-0.2, 0) is 4.79 Å². The molecule has 1 N–H and O–H groups in total. The standard InChI is InChI=1S/C12H22N2O/c1-14(10-5-3-2-4-6-10)11-7-8-13-12(15)9-11/h10-11H,2-9H2,1H3,(H,13,15). The molecule has 0 aromatic carbocycles. The van der Waals surface area contributed by atoms with E-state index < -0.39 is 0 Å². The van der Waals surface area contributed by atoms with E-state index in [-0.39, 0.29) is 5.91 Å². The SMILES string of the molecule is CN(C1CCCCC1)C1CCNC(=O)C1. The van der Waals surface area contributed by atoms with Crippen LogP contribution >= 0.6 is 0 Å². The summed E-state index contributed by atoms with van der Waals surface area (Å²) in [4.78, 5) is 13.8. The van der Waals surface area contributed by atoms with E-state index in [1.54, 1.807) is 0 Å². The monoisotopic (exact) mass is 210 g/mol. The third-order valence-electron chi connectivity index (χ3n) is 3.95. The number of hydrogen-bond acceptors (Lipinski definition) is 2. The third-order valence-corrected chi connectivity index (χ3v) is 3.95. The summed E-state index contributed by atoms with van der Waals surface area (Å²) < 4.78 is 0. The Morgan fingerprint density at radius 3 is 2.53 bits per heavy atom. The van der Waals surface area contributed by atoms with Gasteiger partial charge in [-0.15, -0.1) is 0 Å². The fourth-order valence-corrected chi connectivity index (χ4v) is 2.90. The highest BCUT2D eigenvalue weighted by Gasteiger charge is 2.28. The molecule has 1 saturated carbocycles. The average molecular weight is 210 g/mol. The maximum absolute atomic E-state index is 11.3. The molecule has 2 aliphatic rings. The molecule has 0 bridgehead atoms. The Balaban J connectivity index is 1.87. The number of carbonyl (C=O) groups is 1. The highest BCUT2D eigenvalue weighted by molar-refractivity contribution is 5.77. The molecule has 86 valence electrons. The number of piperidine rings is 1. The van der Waals surface area contributed by atoms with Crippen LogP contribution in [0.15, 0.2) is 0 Å². The van der Waals surface area contributed by atoms with Gasteiger partial charge in [-0.25, -0.2) is 0 Å². The van der Waals surface area contributed by atoms with Crippen molar-refractivity contribution in [2.45, 2.75) is 57.0 Å². The van der Waals surface area contributed by atoms with Crippen molar-refractivity contribution in [2.75, 3.05) is 13.6 Å². The van der Waals surface area contributed by atoms with Gasteiger partial charge in [-0.05, 0) is 26.3 Å². The summed E-state index contributed by atoms with van der Waals surface area (Å²) >= 11 is 0. The van der Waals surface area contributed by atoms with Crippen molar-refractivity contribution in [3.8, 4) is 0 Å². The number of nitrogens with zero attached hydrogens (tertiary/aromatic N) is 1. The van der Waals surface area contributed by atoms with Crippen molar-refractivity contribution in [3.05, 3.63) is 0 Å². The smallest absolute Gasteiger partial charge is 0.221 e. The lowest BCUT2D eigenvalue weighted by atomic mass is 9.92. The Bertz CT molecular complexity index is 224. The number of rotatable bonds is 2. The highest BCUT2D eigenvalue weighted by Crippen LogP contribution is 2.25.